The molecule has 1 aliphatic heterocycles. The van der Waals surface area contributed by atoms with Crippen LogP contribution in [0.5, 0.6) is 0 Å². The molecule has 3 heterocycles. The van der Waals surface area contributed by atoms with Crippen LogP contribution in [-0.2, 0) is 6.54 Å². The van der Waals surface area contributed by atoms with Crippen molar-refractivity contribution in [1.82, 2.24) is 25.7 Å². The Hall–Kier alpha value is -2.80. The topological polar surface area (TPSA) is 80.0 Å². The first-order valence-corrected chi connectivity index (χ1v) is 8.53. The fraction of sp³-hybridized carbons (Fsp3) is 0.333. The summed E-state index contributed by atoms with van der Waals surface area (Å²) < 4.78 is 5.33. The Balaban J connectivity index is 1.33. The van der Waals surface area contributed by atoms with Crippen molar-refractivity contribution >= 4 is 5.82 Å². The summed E-state index contributed by atoms with van der Waals surface area (Å²) in [6, 6.07) is 14.2. The molecule has 1 saturated heterocycles. The highest BCUT2D eigenvalue weighted by Gasteiger charge is 2.25. The van der Waals surface area contributed by atoms with Gasteiger partial charge in [0.05, 0.1) is 6.54 Å². The van der Waals surface area contributed by atoms with E-state index in [4.69, 9.17) is 4.52 Å². The maximum absolute atomic E-state index is 5.33. The minimum Gasteiger partial charge on any atom is -0.351 e. The second kappa shape index (κ2) is 7.40. The van der Waals surface area contributed by atoms with Crippen molar-refractivity contribution in [3.8, 4) is 11.5 Å². The van der Waals surface area contributed by atoms with Gasteiger partial charge in [0.2, 0.25) is 0 Å². The molecule has 3 aromatic rings. The molecule has 25 heavy (non-hydrogen) atoms. The Bertz CT molecular complexity index is 792. The van der Waals surface area contributed by atoms with Crippen molar-refractivity contribution in [2.75, 3.05) is 18.0 Å². The molecule has 7 heteroatoms. The van der Waals surface area contributed by atoms with Crippen molar-refractivity contribution in [2.45, 2.75) is 25.4 Å². The predicted molar refractivity (Wildman–Crippen MR) is 93.8 cm³/mol. The van der Waals surface area contributed by atoms with E-state index in [2.05, 4.69) is 30.6 Å². The van der Waals surface area contributed by atoms with Gasteiger partial charge in [-0.05, 0) is 37.1 Å². The Labute approximate surface area is 146 Å². The molecular weight excluding hydrogens is 316 g/mol. The number of anilines is 1. The van der Waals surface area contributed by atoms with Gasteiger partial charge in [0, 0.05) is 30.9 Å². The molecule has 1 aliphatic rings. The van der Waals surface area contributed by atoms with E-state index in [9.17, 15) is 0 Å². The van der Waals surface area contributed by atoms with Gasteiger partial charge in [0.15, 0.2) is 11.6 Å². The zero-order valence-electron chi connectivity index (χ0n) is 13.9. The number of hydrogen-bond acceptors (Lipinski definition) is 7. The molecule has 7 nitrogen and oxygen atoms in total. The molecular formula is C18H20N6O. The number of hydrogen-bond donors (Lipinski definition) is 1. The average molecular weight is 336 g/mol. The molecule has 0 spiro atoms. The van der Waals surface area contributed by atoms with Gasteiger partial charge in [-0.1, -0.05) is 23.4 Å². The fourth-order valence-electron chi connectivity index (χ4n) is 3.17. The van der Waals surface area contributed by atoms with Gasteiger partial charge in [-0.2, -0.15) is 10.1 Å². The summed E-state index contributed by atoms with van der Waals surface area (Å²) in [5.41, 5.74) is 0.936. The first-order chi connectivity index (χ1) is 12.4. The van der Waals surface area contributed by atoms with Crippen LogP contribution in [0.2, 0.25) is 0 Å². The van der Waals surface area contributed by atoms with Crippen LogP contribution in [-0.4, -0.2) is 39.5 Å². The number of benzene rings is 1. The van der Waals surface area contributed by atoms with E-state index in [1.54, 1.807) is 6.20 Å². The van der Waals surface area contributed by atoms with E-state index in [0.717, 1.165) is 30.9 Å². The third kappa shape index (κ3) is 3.66. The molecule has 0 saturated carbocycles. The quantitative estimate of drug-likeness (QED) is 0.739. The van der Waals surface area contributed by atoms with Gasteiger partial charge >= 0.3 is 0 Å². The van der Waals surface area contributed by atoms with Crippen LogP contribution in [0.15, 0.2) is 53.2 Å². The molecule has 128 valence electrons. The highest BCUT2D eigenvalue weighted by atomic mass is 16.5. The summed E-state index contributed by atoms with van der Waals surface area (Å²) >= 11 is 0. The van der Waals surface area contributed by atoms with E-state index < -0.39 is 0 Å². The normalized spacial score (nSPS) is 17.1. The molecule has 0 bridgehead atoms. The van der Waals surface area contributed by atoms with Crippen LogP contribution in [0.3, 0.4) is 0 Å². The van der Waals surface area contributed by atoms with Crippen LogP contribution in [0.25, 0.3) is 11.5 Å². The lowest BCUT2D eigenvalue weighted by Crippen LogP contribution is -2.38. The number of rotatable bonds is 6. The lowest BCUT2D eigenvalue weighted by Gasteiger charge is -2.25. The maximum Gasteiger partial charge on any atom is 0.257 e. The number of nitrogens with one attached hydrogen (secondary N) is 1. The summed E-state index contributed by atoms with van der Waals surface area (Å²) in [5, 5.41) is 15.7. The summed E-state index contributed by atoms with van der Waals surface area (Å²) in [4.78, 5) is 6.76. The largest absolute Gasteiger partial charge is 0.351 e. The third-order valence-electron chi connectivity index (χ3n) is 4.38. The minimum absolute atomic E-state index is 0.414. The van der Waals surface area contributed by atoms with E-state index in [-0.39, 0.29) is 0 Å². The average Bonchev–Trinajstić information content (AvgIpc) is 3.33. The molecule has 0 amide bonds. The Kier molecular flexibility index (Phi) is 4.65. The maximum atomic E-state index is 5.33. The molecule has 1 aromatic carbocycles. The van der Waals surface area contributed by atoms with E-state index in [1.165, 1.54) is 6.42 Å². The van der Waals surface area contributed by atoms with Crippen LogP contribution in [0.4, 0.5) is 5.82 Å². The fourth-order valence-corrected chi connectivity index (χ4v) is 3.17. The van der Waals surface area contributed by atoms with Crippen molar-refractivity contribution < 1.29 is 4.52 Å². The first kappa shape index (κ1) is 15.7. The number of aromatic nitrogens is 4. The molecule has 1 unspecified atom stereocenters. The SMILES string of the molecule is c1ccc(-c2nc(CNCC3CCCN3c3cccnn3)no2)cc1. The molecule has 1 fully saturated rings. The monoisotopic (exact) mass is 336 g/mol. The Morgan fingerprint density at radius 3 is 2.92 bits per heavy atom. The lowest BCUT2D eigenvalue weighted by molar-refractivity contribution is 0.418. The zero-order valence-corrected chi connectivity index (χ0v) is 13.9. The van der Waals surface area contributed by atoms with Crippen LogP contribution >= 0.6 is 0 Å². The van der Waals surface area contributed by atoms with Gasteiger partial charge < -0.3 is 14.7 Å². The van der Waals surface area contributed by atoms with Crippen LogP contribution < -0.4 is 10.2 Å². The summed E-state index contributed by atoms with van der Waals surface area (Å²) in [7, 11) is 0. The Morgan fingerprint density at radius 2 is 2.08 bits per heavy atom. The standard InChI is InChI=1S/C18H20N6O/c1-2-6-14(7-3-1)18-21-16(23-25-18)13-19-12-15-8-5-11-24(15)17-9-4-10-20-22-17/h1-4,6-7,9-10,15,19H,5,8,11-13H2. The highest BCUT2D eigenvalue weighted by molar-refractivity contribution is 5.51. The van der Waals surface area contributed by atoms with Gasteiger partial charge in [-0.15, -0.1) is 5.10 Å². The molecule has 1 N–H and O–H groups in total. The van der Waals surface area contributed by atoms with Gasteiger partial charge in [-0.3, -0.25) is 0 Å². The summed E-state index contributed by atoms with van der Waals surface area (Å²) in [6.07, 6.45) is 4.02. The van der Waals surface area contributed by atoms with Gasteiger partial charge in [0.1, 0.15) is 0 Å². The smallest absolute Gasteiger partial charge is 0.257 e. The van der Waals surface area contributed by atoms with Crippen molar-refractivity contribution in [3.63, 3.8) is 0 Å². The second-order valence-corrected chi connectivity index (χ2v) is 6.08. The van der Waals surface area contributed by atoms with Crippen LogP contribution in [0.1, 0.15) is 18.7 Å². The van der Waals surface area contributed by atoms with Crippen molar-refractivity contribution in [3.05, 3.63) is 54.5 Å². The highest BCUT2D eigenvalue weighted by Crippen LogP contribution is 2.22. The third-order valence-corrected chi connectivity index (χ3v) is 4.38. The molecule has 4 rings (SSSR count). The lowest BCUT2D eigenvalue weighted by atomic mass is 10.2. The molecule has 0 radical (unpaired) electrons. The van der Waals surface area contributed by atoms with E-state index in [0.29, 0.717) is 24.3 Å². The molecule has 2 aromatic heterocycles. The van der Waals surface area contributed by atoms with Gasteiger partial charge in [-0.25, -0.2) is 0 Å². The van der Waals surface area contributed by atoms with Crippen LogP contribution in [0, 0.1) is 0 Å². The second-order valence-electron chi connectivity index (χ2n) is 6.08. The van der Waals surface area contributed by atoms with Crippen molar-refractivity contribution in [2.24, 2.45) is 0 Å². The Morgan fingerprint density at radius 1 is 1.16 bits per heavy atom. The molecule has 0 aliphatic carbocycles. The number of nitrogens with zero attached hydrogens (tertiary/aromatic N) is 5. The summed E-state index contributed by atoms with van der Waals surface area (Å²) in [6.45, 7) is 2.46. The zero-order chi connectivity index (χ0) is 16.9. The predicted octanol–water partition coefficient (Wildman–Crippen LogP) is 2.29. The molecule has 1 atom stereocenters. The van der Waals surface area contributed by atoms with E-state index in [1.807, 2.05) is 42.5 Å². The minimum atomic E-state index is 0.414. The first-order valence-electron chi connectivity index (χ1n) is 8.53. The van der Waals surface area contributed by atoms with Crippen molar-refractivity contribution in [1.29, 1.82) is 0 Å². The summed E-state index contributed by atoms with van der Waals surface area (Å²) in [5.74, 6) is 2.17. The van der Waals surface area contributed by atoms with Gasteiger partial charge in [0.25, 0.3) is 5.89 Å². The van der Waals surface area contributed by atoms with E-state index >= 15 is 0 Å².